The van der Waals surface area contributed by atoms with E-state index in [1.165, 1.54) is 11.1 Å². The highest BCUT2D eigenvalue weighted by Gasteiger charge is 2.17. The molecule has 0 spiro atoms. The van der Waals surface area contributed by atoms with E-state index in [-0.39, 0.29) is 0 Å². The van der Waals surface area contributed by atoms with Gasteiger partial charge in [-0.25, -0.2) is 9.98 Å². The molecule has 0 saturated heterocycles. The van der Waals surface area contributed by atoms with Gasteiger partial charge in [0.25, 0.3) is 0 Å². The summed E-state index contributed by atoms with van der Waals surface area (Å²) in [4.78, 5) is 10.4. The predicted octanol–water partition coefficient (Wildman–Crippen LogP) is 8.16. The van der Waals surface area contributed by atoms with E-state index in [0.29, 0.717) is 11.8 Å². The van der Waals surface area contributed by atoms with Gasteiger partial charge in [0.05, 0.1) is 22.8 Å². The number of aromatic nitrogens is 1. The van der Waals surface area contributed by atoms with Crippen LogP contribution in [0.3, 0.4) is 0 Å². The van der Waals surface area contributed by atoms with Crippen molar-refractivity contribution in [1.29, 1.82) is 0 Å². The maximum atomic E-state index is 5.33. The first-order valence-corrected chi connectivity index (χ1v) is 11.3. The van der Waals surface area contributed by atoms with Gasteiger partial charge in [0.2, 0.25) is 0 Å². The van der Waals surface area contributed by atoms with E-state index in [2.05, 4.69) is 100 Å². The topological polar surface area (TPSA) is 25.2 Å². The lowest BCUT2D eigenvalue weighted by atomic mass is 9.92. The molecule has 4 aromatic rings. The number of nitrogens with zero attached hydrogens (tertiary/aromatic N) is 2. The third-order valence-corrected chi connectivity index (χ3v) is 5.67. The molecule has 3 aromatic carbocycles. The monoisotopic (exact) mass is 418 g/mol. The molecule has 0 amide bonds. The minimum atomic E-state index is 0.382. The number of benzene rings is 3. The molecule has 0 saturated carbocycles. The molecule has 4 rings (SSSR count). The maximum Gasteiger partial charge on any atom is 0.0966 e. The van der Waals surface area contributed by atoms with Gasteiger partial charge in [0, 0.05) is 11.1 Å². The molecule has 1 heterocycles. The van der Waals surface area contributed by atoms with Gasteiger partial charge in [-0.15, -0.1) is 0 Å². The standard InChI is InChI=1S/C30H30N2/c1-21(2)25-17-11-18-26(22(3)4)30(25)32-29(24-15-9-6-10-16-24)28-20-12-19-27(31-28)23-13-7-5-8-14-23/h5-22H,1-4H3. The van der Waals surface area contributed by atoms with Crippen molar-refractivity contribution in [1.82, 2.24) is 4.98 Å². The Kier molecular flexibility index (Phi) is 6.61. The molecule has 2 nitrogen and oxygen atoms in total. The Labute approximate surface area is 191 Å². The van der Waals surface area contributed by atoms with Crippen molar-refractivity contribution < 1.29 is 0 Å². The van der Waals surface area contributed by atoms with E-state index in [9.17, 15) is 0 Å². The van der Waals surface area contributed by atoms with Gasteiger partial charge >= 0.3 is 0 Å². The van der Waals surface area contributed by atoms with Gasteiger partial charge < -0.3 is 0 Å². The van der Waals surface area contributed by atoms with Crippen LogP contribution >= 0.6 is 0 Å². The van der Waals surface area contributed by atoms with Crippen molar-refractivity contribution in [3.8, 4) is 11.3 Å². The first kappa shape index (κ1) is 21.7. The van der Waals surface area contributed by atoms with Crippen LogP contribution in [-0.2, 0) is 0 Å². The highest BCUT2D eigenvalue weighted by atomic mass is 14.8. The van der Waals surface area contributed by atoms with Crippen LogP contribution < -0.4 is 0 Å². The minimum Gasteiger partial charge on any atom is -0.246 e. The number of aliphatic imine (C=N–C) groups is 1. The van der Waals surface area contributed by atoms with E-state index in [1.807, 2.05) is 24.3 Å². The van der Waals surface area contributed by atoms with E-state index in [1.54, 1.807) is 0 Å². The predicted molar refractivity (Wildman–Crippen MR) is 136 cm³/mol. The van der Waals surface area contributed by atoms with Gasteiger partial charge in [-0.2, -0.15) is 0 Å². The van der Waals surface area contributed by atoms with E-state index >= 15 is 0 Å². The summed E-state index contributed by atoms with van der Waals surface area (Å²) in [5, 5.41) is 0. The summed E-state index contributed by atoms with van der Waals surface area (Å²) in [5.74, 6) is 0.765. The zero-order valence-corrected chi connectivity index (χ0v) is 19.3. The van der Waals surface area contributed by atoms with E-state index in [4.69, 9.17) is 9.98 Å². The first-order valence-electron chi connectivity index (χ1n) is 11.3. The summed E-state index contributed by atoms with van der Waals surface area (Å²) in [6.07, 6.45) is 0. The van der Waals surface area contributed by atoms with Crippen molar-refractivity contribution in [2.45, 2.75) is 39.5 Å². The van der Waals surface area contributed by atoms with E-state index in [0.717, 1.165) is 33.9 Å². The molecule has 0 aliphatic rings. The van der Waals surface area contributed by atoms with Crippen molar-refractivity contribution in [2.24, 2.45) is 4.99 Å². The second kappa shape index (κ2) is 9.74. The molecule has 0 aliphatic carbocycles. The summed E-state index contributed by atoms with van der Waals surface area (Å²) < 4.78 is 0. The lowest BCUT2D eigenvalue weighted by Gasteiger charge is -2.18. The number of rotatable bonds is 6. The smallest absolute Gasteiger partial charge is 0.0966 e. The normalized spacial score (nSPS) is 11.9. The van der Waals surface area contributed by atoms with Crippen LogP contribution in [0.4, 0.5) is 5.69 Å². The van der Waals surface area contributed by atoms with Gasteiger partial charge in [-0.05, 0) is 35.1 Å². The quantitative estimate of drug-likeness (QED) is 0.290. The molecule has 0 radical (unpaired) electrons. The zero-order valence-electron chi connectivity index (χ0n) is 19.3. The molecule has 2 heteroatoms. The fourth-order valence-electron chi connectivity index (χ4n) is 3.95. The fraction of sp³-hybridized carbons (Fsp3) is 0.200. The molecule has 0 bridgehead atoms. The number of pyridine rings is 1. The molecular weight excluding hydrogens is 388 g/mol. The van der Waals surface area contributed by atoms with Crippen LogP contribution in [0.25, 0.3) is 11.3 Å². The van der Waals surface area contributed by atoms with Gasteiger partial charge in [0.15, 0.2) is 0 Å². The minimum absolute atomic E-state index is 0.382. The van der Waals surface area contributed by atoms with Crippen molar-refractivity contribution in [3.05, 3.63) is 119 Å². The molecular formula is C30H30N2. The third-order valence-electron chi connectivity index (χ3n) is 5.67. The molecule has 32 heavy (non-hydrogen) atoms. The Balaban J connectivity index is 1.95. The van der Waals surface area contributed by atoms with Crippen LogP contribution in [0.2, 0.25) is 0 Å². The van der Waals surface area contributed by atoms with Crippen LogP contribution in [0.15, 0.2) is 102 Å². The van der Waals surface area contributed by atoms with Crippen LogP contribution in [0.1, 0.15) is 61.9 Å². The number of para-hydroxylation sites is 1. The van der Waals surface area contributed by atoms with Crippen LogP contribution in [0, 0.1) is 0 Å². The summed E-state index contributed by atoms with van der Waals surface area (Å²) in [6, 6.07) is 33.4. The average molecular weight is 419 g/mol. The molecule has 0 aliphatic heterocycles. The Morgan fingerprint density at radius 1 is 0.625 bits per heavy atom. The third kappa shape index (κ3) is 4.70. The van der Waals surface area contributed by atoms with Crippen LogP contribution in [-0.4, -0.2) is 10.7 Å². The Hall–Kier alpha value is -3.52. The summed E-state index contributed by atoms with van der Waals surface area (Å²) in [5.41, 5.74) is 8.51. The van der Waals surface area contributed by atoms with Crippen LogP contribution in [0.5, 0.6) is 0 Å². The number of hydrogen-bond acceptors (Lipinski definition) is 2. The lowest BCUT2D eigenvalue weighted by molar-refractivity contribution is 0.834. The maximum absolute atomic E-state index is 5.33. The second-order valence-corrected chi connectivity index (χ2v) is 8.70. The largest absolute Gasteiger partial charge is 0.246 e. The Bertz CT molecular complexity index is 1180. The zero-order chi connectivity index (χ0) is 22.5. The summed E-state index contributed by atoms with van der Waals surface area (Å²) in [6.45, 7) is 8.92. The van der Waals surface area contributed by atoms with Crippen molar-refractivity contribution in [3.63, 3.8) is 0 Å². The average Bonchev–Trinajstić information content (AvgIpc) is 2.83. The molecule has 0 unspecified atom stereocenters. The second-order valence-electron chi connectivity index (χ2n) is 8.70. The first-order chi connectivity index (χ1) is 15.5. The Morgan fingerprint density at radius 2 is 1.19 bits per heavy atom. The molecule has 1 aromatic heterocycles. The van der Waals surface area contributed by atoms with Crippen molar-refractivity contribution >= 4 is 11.4 Å². The fourth-order valence-corrected chi connectivity index (χ4v) is 3.95. The molecule has 0 N–H and O–H groups in total. The molecule has 160 valence electrons. The van der Waals surface area contributed by atoms with E-state index < -0.39 is 0 Å². The highest BCUT2D eigenvalue weighted by molar-refractivity contribution is 6.13. The van der Waals surface area contributed by atoms with Gasteiger partial charge in [-0.3, -0.25) is 0 Å². The SMILES string of the molecule is CC(C)c1cccc(C(C)C)c1N=C(c1ccccc1)c1cccc(-c2ccccc2)n1. The van der Waals surface area contributed by atoms with Gasteiger partial charge in [-0.1, -0.05) is 113 Å². The number of hydrogen-bond donors (Lipinski definition) is 0. The molecule has 0 atom stereocenters. The summed E-state index contributed by atoms with van der Waals surface area (Å²) in [7, 11) is 0. The summed E-state index contributed by atoms with van der Waals surface area (Å²) >= 11 is 0. The van der Waals surface area contributed by atoms with Crippen molar-refractivity contribution in [2.75, 3.05) is 0 Å². The van der Waals surface area contributed by atoms with Gasteiger partial charge in [0.1, 0.15) is 0 Å². The highest BCUT2D eigenvalue weighted by Crippen LogP contribution is 2.35. The lowest BCUT2D eigenvalue weighted by Crippen LogP contribution is -2.07. The Morgan fingerprint density at radius 3 is 1.78 bits per heavy atom. The molecule has 0 fully saturated rings.